The summed E-state index contributed by atoms with van der Waals surface area (Å²) in [6.45, 7) is 1.11. The number of nitrogens with one attached hydrogen (secondary N) is 2. The maximum atomic E-state index is 5.22. The van der Waals surface area contributed by atoms with Crippen molar-refractivity contribution in [2.24, 2.45) is 12.0 Å². The number of guanidine groups is 1. The summed E-state index contributed by atoms with van der Waals surface area (Å²) in [5.41, 5.74) is 0. The fraction of sp³-hybridized carbons (Fsp3) is 0.364. The van der Waals surface area contributed by atoms with Crippen LogP contribution in [0.3, 0.4) is 0 Å². The van der Waals surface area contributed by atoms with Crippen LogP contribution >= 0.6 is 0 Å². The predicted molar refractivity (Wildman–Crippen MR) is 66.7 cm³/mol. The average molecular weight is 248 g/mol. The highest BCUT2D eigenvalue weighted by Crippen LogP contribution is 1.98. The van der Waals surface area contributed by atoms with Gasteiger partial charge in [-0.2, -0.15) is 5.10 Å². The number of rotatable bonds is 4. The Hall–Kier alpha value is -2.31. The van der Waals surface area contributed by atoms with E-state index < -0.39 is 0 Å². The van der Waals surface area contributed by atoms with Crippen molar-refractivity contribution in [1.82, 2.24) is 25.4 Å². The minimum absolute atomic E-state index is 0.526. The Kier molecular flexibility index (Phi) is 3.95. The quantitative estimate of drug-likeness (QED) is 0.600. The first kappa shape index (κ1) is 12.2. The third-order valence-corrected chi connectivity index (χ3v) is 2.29. The molecular formula is C11H16N6O. The molecule has 2 heterocycles. The highest BCUT2D eigenvalue weighted by molar-refractivity contribution is 5.79. The highest BCUT2D eigenvalue weighted by atomic mass is 16.3. The van der Waals surface area contributed by atoms with Crippen LogP contribution < -0.4 is 10.6 Å². The normalized spacial score (nSPS) is 11.6. The molecule has 0 radical (unpaired) electrons. The van der Waals surface area contributed by atoms with Crippen molar-refractivity contribution >= 4 is 5.96 Å². The van der Waals surface area contributed by atoms with E-state index in [1.807, 2.05) is 19.2 Å². The highest BCUT2D eigenvalue weighted by Gasteiger charge is 2.02. The van der Waals surface area contributed by atoms with Crippen molar-refractivity contribution in [2.75, 3.05) is 7.05 Å². The zero-order valence-electron chi connectivity index (χ0n) is 10.4. The van der Waals surface area contributed by atoms with E-state index in [0.717, 1.165) is 11.6 Å². The van der Waals surface area contributed by atoms with Crippen molar-refractivity contribution in [3.8, 4) is 0 Å². The van der Waals surface area contributed by atoms with E-state index in [4.69, 9.17) is 4.42 Å². The standard InChI is InChI=1S/C11H16N6O/c1-12-11(13-6-9-4-3-5-18-9)14-7-10-15-8-17(2)16-10/h3-5,8H,6-7H2,1-2H3,(H2,12,13,14). The zero-order chi connectivity index (χ0) is 12.8. The molecule has 0 fully saturated rings. The second kappa shape index (κ2) is 5.85. The summed E-state index contributed by atoms with van der Waals surface area (Å²) in [5.74, 6) is 2.26. The minimum atomic E-state index is 0.526. The van der Waals surface area contributed by atoms with Crippen LogP contribution in [0.5, 0.6) is 0 Å². The Morgan fingerprint density at radius 3 is 2.89 bits per heavy atom. The first-order valence-electron chi connectivity index (χ1n) is 5.59. The molecule has 0 aliphatic carbocycles. The molecule has 7 nitrogen and oxygen atoms in total. The van der Waals surface area contributed by atoms with Crippen LogP contribution in [0.1, 0.15) is 11.6 Å². The molecule has 0 saturated heterocycles. The van der Waals surface area contributed by atoms with E-state index in [1.165, 1.54) is 0 Å². The van der Waals surface area contributed by atoms with Gasteiger partial charge in [0.15, 0.2) is 11.8 Å². The van der Waals surface area contributed by atoms with Crippen LogP contribution in [0, 0.1) is 0 Å². The maximum Gasteiger partial charge on any atom is 0.191 e. The Balaban J connectivity index is 1.79. The summed E-state index contributed by atoms with van der Waals surface area (Å²) >= 11 is 0. The smallest absolute Gasteiger partial charge is 0.191 e. The molecule has 0 aliphatic heterocycles. The molecule has 2 aromatic rings. The number of hydrogen-bond donors (Lipinski definition) is 2. The molecule has 0 aliphatic rings. The molecule has 0 spiro atoms. The average Bonchev–Trinajstić information content (AvgIpc) is 3.01. The van der Waals surface area contributed by atoms with Crippen LogP contribution in [0.15, 0.2) is 34.1 Å². The molecule has 96 valence electrons. The van der Waals surface area contributed by atoms with Gasteiger partial charge in [0.2, 0.25) is 0 Å². The topological polar surface area (TPSA) is 80.3 Å². The van der Waals surface area contributed by atoms with Gasteiger partial charge in [0, 0.05) is 14.1 Å². The van der Waals surface area contributed by atoms with Gasteiger partial charge in [-0.25, -0.2) is 4.98 Å². The van der Waals surface area contributed by atoms with Gasteiger partial charge in [-0.1, -0.05) is 0 Å². The van der Waals surface area contributed by atoms with E-state index in [2.05, 4.69) is 25.7 Å². The van der Waals surface area contributed by atoms with Gasteiger partial charge < -0.3 is 15.1 Å². The zero-order valence-corrected chi connectivity index (χ0v) is 10.4. The number of aliphatic imine (C=N–C) groups is 1. The van der Waals surface area contributed by atoms with Crippen LogP contribution in [0.25, 0.3) is 0 Å². The first-order chi connectivity index (χ1) is 8.78. The van der Waals surface area contributed by atoms with Gasteiger partial charge in [-0.15, -0.1) is 0 Å². The summed E-state index contributed by atoms with van der Waals surface area (Å²) in [6.07, 6.45) is 3.31. The van der Waals surface area contributed by atoms with E-state index in [-0.39, 0.29) is 0 Å². The van der Waals surface area contributed by atoms with E-state index in [0.29, 0.717) is 19.0 Å². The number of aryl methyl sites for hydroxylation is 1. The Bertz CT molecular complexity index is 501. The SMILES string of the molecule is CN=C(NCc1ncn(C)n1)NCc1ccco1. The molecule has 2 N–H and O–H groups in total. The Morgan fingerprint density at radius 1 is 1.44 bits per heavy atom. The molecule has 0 saturated carbocycles. The summed E-state index contributed by atoms with van der Waals surface area (Å²) in [7, 11) is 3.55. The number of furan rings is 1. The van der Waals surface area contributed by atoms with Crippen LogP contribution in [0.4, 0.5) is 0 Å². The molecule has 0 aromatic carbocycles. The Morgan fingerprint density at radius 2 is 2.28 bits per heavy atom. The molecule has 0 unspecified atom stereocenters. The van der Waals surface area contributed by atoms with Gasteiger partial charge in [-0.3, -0.25) is 9.67 Å². The third kappa shape index (κ3) is 3.34. The molecular weight excluding hydrogens is 232 g/mol. The summed E-state index contributed by atoms with van der Waals surface area (Å²) in [6, 6.07) is 3.76. The van der Waals surface area contributed by atoms with Gasteiger partial charge in [0.25, 0.3) is 0 Å². The van der Waals surface area contributed by atoms with Gasteiger partial charge >= 0.3 is 0 Å². The fourth-order valence-electron chi connectivity index (χ4n) is 1.43. The molecule has 0 bridgehead atoms. The summed E-state index contributed by atoms with van der Waals surface area (Å²) in [4.78, 5) is 8.22. The number of hydrogen-bond acceptors (Lipinski definition) is 4. The second-order valence-electron chi connectivity index (χ2n) is 3.69. The van der Waals surface area contributed by atoms with Gasteiger partial charge in [0.1, 0.15) is 12.1 Å². The maximum absolute atomic E-state index is 5.22. The largest absolute Gasteiger partial charge is 0.467 e. The van der Waals surface area contributed by atoms with Crippen molar-refractivity contribution in [2.45, 2.75) is 13.1 Å². The van der Waals surface area contributed by atoms with E-state index in [1.54, 1.807) is 24.3 Å². The predicted octanol–water partition coefficient (Wildman–Crippen LogP) is 0.273. The lowest BCUT2D eigenvalue weighted by Gasteiger charge is -2.09. The van der Waals surface area contributed by atoms with Gasteiger partial charge in [-0.05, 0) is 12.1 Å². The summed E-state index contributed by atoms with van der Waals surface area (Å²) in [5, 5.41) is 10.4. The second-order valence-corrected chi connectivity index (χ2v) is 3.69. The lowest BCUT2D eigenvalue weighted by atomic mass is 10.4. The third-order valence-electron chi connectivity index (χ3n) is 2.29. The molecule has 7 heteroatoms. The lowest BCUT2D eigenvalue weighted by molar-refractivity contribution is 0.501. The molecule has 18 heavy (non-hydrogen) atoms. The van der Waals surface area contributed by atoms with E-state index in [9.17, 15) is 0 Å². The molecule has 2 aromatic heterocycles. The molecule has 0 atom stereocenters. The van der Waals surface area contributed by atoms with Gasteiger partial charge in [0.05, 0.1) is 19.4 Å². The monoisotopic (exact) mass is 248 g/mol. The van der Waals surface area contributed by atoms with E-state index >= 15 is 0 Å². The van der Waals surface area contributed by atoms with Crippen molar-refractivity contribution in [1.29, 1.82) is 0 Å². The van der Waals surface area contributed by atoms with Crippen LogP contribution in [-0.4, -0.2) is 27.8 Å². The van der Waals surface area contributed by atoms with Crippen LogP contribution in [0.2, 0.25) is 0 Å². The van der Waals surface area contributed by atoms with Crippen LogP contribution in [-0.2, 0) is 20.1 Å². The summed E-state index contributed by atoms with van der Waals surface area (Å²) < 4.78 is 6.88. The fourth-order valence-corrected chi connectivity index (χ4v) is 1.43. The van der Waals surface area contributed by atoms with Crippen molar-refractivity contribution in [3.63, 3.8) is 0 Å². The minimum Gasteiger partial charge on any atom is -0.467 e. The van der Waals surface area contributed by atoms with Crippen molar-refractivity contribution < 1.29 is 4.42 Å². The Labute approximate surface area is 105 Å². The number of nitrogens with zero attached hydrogens (tertiary/aromatic N) is 4. The first-order valence-corrected chi connectivity index (χ1v) is 5.59. The number of aromatic nitrogens is 3. The molecule has 0 amide bonds. The molecule has 2 rings (SSSR count). The van der Waals surface area contributed by atoms with Crippen molar-refractivity contribution in [3.05, 3.63) is 36.3 Å². The lowest BCUT2D eigenvalue weighted by Crippen LogP contribution is -2.36.